The highest BCUT2D eigenvalue weighted by atomic mass is 35.5. The summed E-state index contributed by atoms with van der Waals surface area (Å²) in [6, 6.07) is 8.39. The van der Waals surface area contributed by atoms with Crippen molar-refractivity contribution in [1.82, 2.24) is 5.32 Å². The van der Waals surface area contributed by atoms with E-state index in [-0.39, 0.29) is 30.3 Å². The molecule has 1 aliphatic heterocycles. The van der Waals surface area contributed by atoms with Crippen LogP contribution in [0, 0.1) is 5.92 Å². The lowest BCUT2D eigenvalue weighted by molar-refractivity contribution is -0.123. The van der Waals surface area contributed by atoms with Crippen molar-refractivity contribution in [1.29, 1.82) is 0 Å². The number of hydrogen-bond acceptors (Lipinski definition) is 3. The van der Waals surface area contributed by atoms with Gasteiger partial charge in [0.15, 0.2) is 0 Å². The van der Waals surface area contributed by atoms with E-state index in [1.807, 2.05) is 12.1 Å². The van der Waals surface area contributed by atoms with Crippen LogP contribution in [0.2, 0.25) is 0 Å². The minimum absolute atomic E-state index is 0. The number of hydrogen-bond donors (Lipinski definition) is 2. The zero-order chi connectivity index (χ0) is 14.7. The standard InChI is InChI=1S/C17H24N2OS.ClH/c18-10-15(12-6-2-1-3-7-12)19-17(20)14-11-21-16-9-5-4-8-13(14)16;/h4-5,8-9,12,14-15H,1-3,6-7,10-11,18H2,(H,19,20);1H. The summed E-state index contributed by atoms with van der Waals surface area (Å²) in [6.45, 7) is 0.553. The Kier molecular flexibility index (Phi) is 6.60. The fraction of sp³-hybridized carbons (Fsp3) is 0.588. The molecular weight excluding hydrogens is 316 g/mol. The summed E-state index contributed by atoms with van der Waals surface area (Å²) in [5, 5.41) is 3.24. The average Bonchev–Trinajstić information content (AvgIpc) is 2.97. The van der Waals surface area contributed by atoms with Crippen molar-refractivity contribution in [3.8, 4) is 0 Å². The average molecular weight is 341 g/mol. The van der Waals surface area contributed by atoms with Crippen molar-refractivity contribution in [3.63, 3.8) is 0 Å². The van der Waals surface area contributed by atoms with E-state index < -0.39 is 0 Å². The van der Waals surface area contributed by atoms with Gasteiger partial charge in [-0.1, -0.05) is 37.5 Å². The predicted molar refractivity (Wildman–Crippen MR) is 94.7 cm³/mol. The summed E-state index contributed by atoms with van der Waals surface area (Å²) in [7, 11) is 0. The molecule has 1 aromatic rings. The maximum Gasteiger partial charge on any atom is 0.228 e. The third kappa shape index (κ3) is 3.79. The van der Waals surface area contributed by atoms with E-state index in [4.69, 9.17) is 5.73 Å². The van der Waals surface area contributed by atoms with Gasteiger partial charge in [-0.05, 0) is 30.4 Å². The first-order chi connectivity index (χ1) is 10.3. The van der Waals surface area contributed by atoms with Gasteiger partial charge in [-0.2, -0.15) is 0 Å². The molecule has 1 saturated carbocycles. The lowest BCUT2D eigenvalue weighted by Crippen LogP contribution is -2.47. The van der Waals surface area contributed by atoms with Gasteiger partial charge in [-0.15, -0.1) is 24.2 Å². The first-order valence-electron chi connectivity index (χ1n) is 8.01. The Hall–Kier alpha value is -0.710. The second-order valence-corrected chi connectivity index (χ2v) is 7.21. The predicted octanol–water partition coefficient (Wildman–Crippen LogP) is 3.32. The number of thioether (sulfide) groups is 1. The van der Waals surface area contributed by atoms with Crippen LogP contribution >= 0.6 is 24.2 Å². The molecule has 0 spiro atoms. The molecule has 0 saturated heterocycles. The van der Waals surface area contributed by atoms with Gasteiger partial charge in [-0.3, -0.25) is 4.79 Å². The highest BCUT2D eigenvalue weighted by molar-refractivity contribution is 7.99. The van der Waals surface area contributed by atoms with Crippen molar-refractivity contribution in [2.75, 3.05) is 12.3 Å². The van der Waals surface area contributed by atoms with E-state index >= 15 is 0 Å². The second-order valence-electron chi connectivity index (χ2n) is 6.15. The van der Waals surface area contributed by atoms with E-state index in [1.165, 1.54) is 42.6 Å². The van der Waals surface area contributed by atoms with E-state index in [9.17, 15) is 4.79 Å². The topological polar surface area (TPSA) is 55.1 Å². The molecule has 1 heterocycles. The van der Waals surface area contributed by atoms with Gasteiger partial charge in [0.2, 0.25) is 5.91 Å². The number of carbonyl (C=O) groups excluding carboxylic acids is 1. The Morgan fingerprint density at radius 2 is 2.00 bits per heavy atom. The number of amides is 1. The molecule has 3 nitrogen and oxygen atoms in total. The van der Waals surface area contributed by atoms with Gasteiger partial charge in [0, 0.05) is 23.2 Å². The number of carbonyl (C=O) groups is 1. The van der Waals surface area contributed by atoms with E-state index in [0.717, 1.165) is 5.75 Å². The van der Waals surface area contributed by atoms with Gasteiger partial charge in [0.25, 0.3) is 0 Å². The molecule has 1 amide bonds. The highest BCUT2D eigenvalue weighted by Gasteiger charge is 2.32. The van der Waals surface area contributed by atoms with Crippen molar-refractivity contribution >= 4 is 30.1 Å². The van der Waals surface area contributed by atoms with E-state index in [2.05, 4.69) is 17.4 Å². The Balaban J connectivity index is 0.00000176. The molecule has 2 aliphatic rings. The zero-order valence-electron chi connectivity index (χ0n) is 12.8. The summed E-state index contributed by atoms with van der Waals surface area (Å²) in [4.78, 5) is 13.9. The van der Waals surface area contributed by atoms with Gasteiger partial charge in [-0.25, -0.2) is 0 Å². The Morgan fingerprint density at radius 1 is 1.27 bits per heavy atom. The maximum atomic E-state index is 12.6. The molecular formula is C17H25ClN2OS. The number of halogens is 1. The van der Waals surface area contributed by atoms with Crippen LogP contribution in [0.15, 0.2) is 29.2 Å². The summed E-state index contributed by atoms with van der Waals surface area (Å²) < 4.78 is 0. The summed E-state index contributed by atoms with van der Waals surface area (Å²) in [5.41, 5.74) is 7.11. The molecule has 1 fully saturated rings. The number of benzene rings is 1. The Bertz CT molecular complexity index is 505. The molecule has 1 aromatic carbocycles. The third-order valence-electron chi connectivity index (χ3n) is 4.82. The van der Waals surface area contributed by atoms with Crippen molar-refractivity contribution in [2.24, 2.45) is 11.7 Å². The minimum Gasteiger partial charge on any atom is -0.351 e. The summed E-state index contributed by atoms with van der Waals surface area (Å²) in [6.07, 6.45) is 6.29. The van der Waals surface area contributed by atoms with Crippen LogP contribution < -0.4 is 11.1 Å². The van der Waals surface area contributed by atoms with Gasteiger partial charge in [0.1, 0.15) is 0 Å². The smallest absolute Gasteiger partial charge is 0.228 e. The zero-order valence-corrected chi connectivity index (χ0v) is 14.4. The van der Waals surface area contributed by atoms with Crippen LogP contribution in [0.25, 0.3) is 0 Å². The highest BCUT2D eigenvalue weighted by Crippen LogP contribution is 2.39. The van der Waals surface area contributed by atoms with E-state index in [0.29, 0.717) is 12.5 Å². The molecule has 22 heavy (non-hydrogen) atoms. The largest absolute Gasteiger partial charge is 0.351 e. The molecule has 3 N–H and O–H groups in total. The molecule has 3 rings (SSSR count). The molecule has 122 valence electrons. The van der Waals surface area contributed by atoms with Crippen molar-refractivity contribution in [3.05, 3.63) is 29.8 Å². The number of nitrogens with one attached hydrogen (secondary N) is 1. The Labute approximate surface area is 143 Å². The SMILES string of the molecule is Cl.NCC(NC(=O)C1CSc2ccccc21)C1CCCCC1. The number of nitrogens with two attached hydrogens (primary N) is 1. The van der Waals surface area contributed by atoms with Crippen LogP contribution in [0.4, 0.5) is 0 Å². The van der Waals surface area contributed by atoms with Gasteiger partial charge >= 0.3 is 0 Å². The third-order valence-corrected chi connectivity index (χ3v) is 6.00. The van der Waals surface area contributed by atoms with Crippen LogP contribution in [-0.4, -0.2) is 24.2 Å². The van der Waals surface area contributed by atoms with E-state index in [1.54, 1.807) is 11.8 Å². The summed E-state index contributed by atoms with van der Waals surface area (Å²) >= 11 is 1.78. The summed E-state index contributed by atoms with van der Waals surface area (Å²) in [5.74, 6) is 1.57. The molecule has 5 heteroatoms. The quantitative estimate of drug-likeness (QED) is 0.884. The van der Waals surface area contributed by atoms with Gasteiger partial charge < -0.3 is 11.1 Å². The van der Waals surface area contributed by atoms with Crippen LogP contribution in [0.5, 0.6) is 0 Å². The van der Waals surface area contributed by atoms with Crippen molar-refractivity contribution in [2.45, 2.75) is 49.0 Å². The maximum absolute atomic E-state index is 12.6. The fourth-order valence-corrected chi connectivity index (χ4v) is 4.80. The first kappa shape index (κ1) is 17.6. The molecule has 2 atom stereocenters. The minimum atomic E-state index is -0.0103. The van der Waals surface area contributed by atoms with Crippen molar-refractivity contribution < 1.29 is 4.79 Å². The normalized spacial score (nSPS) is 22.5. The molecule has 0 aromatic heterocycles. The molecule has 1 aliphatic carbocycles. The first-order valence-corrected chi connectivity index (χ1v) is 9.00. The second kappa shape index (κ2) is 8.23. The fourth-order valence-electron chi connectivity index (χ4n) is 3.57. The van der Waals surface area contributed by atoms with Crippen LogP contribution in [0.3, 0.4) is 0 Å². The molecule has 2 unspecified atom stereocenters. The monoisotopic (exact) mass is 340 g/mol. The van der Waals surface area contributed by atoms with Crippen LogP contribution in [0.1, 0.15) is 43.6 Å². The lowest BCUT2D eigenvalue weighted by atomic mass is 9.83. The molecule has 0 bridgehead atoms. The Morgan fingerprint density at radius 3 is 2.73 bits per heavy atom. The molecule has 0 radical (unpaired) electrons. The van der Waals surface area contributed by atoms with Crippen LogP contribution in [-0.2, 0) is 4.79 Å². The lowest BCUT2D eigenvalue weighted by Gasteiger charge is -2.30. The number of rotatable bonds is 4. The van der Waals surface area contributed by atoms with Gasteiger partial charge in [0.05, 0.1) is 5.92 Å². The number of fused-ring (bicyclic) bond motifs is 1.